The molecule has 0 saturated heterocycles. The average molecular weight is 336 g/mol. The van der Waals surface area contributed by atoms with Crippen molar-refractivity contribution < 1.29 is 22.7 Å². The molecule has 1 N–H and O–H groups in total. The molecule has 4 nitrogen and oxygen atoms in total. The molecule has 1 fully saturated rings. The Morgan fingerprint density at radius 3 is 2.71 bits per heavy atom. The van der Waals surface area contributed by atoms with Gasteiger partial charge in [0.2, 0.25) is 5.88 Å². The largest absolute Gasteiger partial charge is 0.477 e. The van der Waals surface area contributed by atoms with Gasteiger partial charge in [0.25, 0.3) is 5.91 Å². The molecule has 0 unspecified atom stereocenters. The molecule has 24 heavy (non-hydrogen) atoms. The van der Waals surface area contributed by atoms with Crippen molar-refractivity contribution in [1.29, 1.82) is 0 Å². The standard InChI is InChI=1S/C17H15F3N2O2/c18-17(19,20)13-3-1-2-4-14(13)22-16(23)12-7-8-21-15(9-12)24-10-11-5-6-11/h1-4,7-9,11H,5-6,10H2,(H,22,23). The van der Waals surface area contributed by atoms with Gasteiger partial charge in [-0.1, -0.05) is 12.1 Å². The number of alkyl halides is 3. The van der Waals surface area contributed by atoms with Crippen molar-refractivity contribution in [3.05, 3.63) is 53.7 Å². The van der Waals surface area contributed by atoms with Crippen LogP contribution in [0, 0.1) is 5.92 Å². The van der Waals surface area contributed by atoms with Crippen LogP contribution in [0.4, 0.5) is 18.9 Å². The number of halogens is 3. The van der Waals surface area contributed by atoms with Crippen LogP contribution in [0.2, 0.25) is 0 Å². The Morgan fingerprint density at radius 1 is 1.25 bits per heavy atom. The van der Waals surface area contributed by atoms with Crippen LogP contribution in [0.5, 0.6) is 5.88 Å². The van der Waals surface area contributed by atoms with Gasteiger partial charge in [0.15, 0.2) is 0 Å². The summed E-state index contributed by atoms with van der Waals surface area (Å²) in [4.78, 5) is 16.2. The number of hydrogen-bond donors (Lipinski definition) is 1. The second kappa shape index (κ2) is 6.51. The maximum atomic E-state index is 13.0. The fraction of sp³-hybridized carbons (Fsp3) is 0.294. The van der Waals surface area contributed by atoms with Crippen molar-refractivity contribution in [2.24, 2.45) is 5.92 Å². The number of carbonyl (C=O) groups is 1. The fourth-order valence-corrected chi connectivity index (χ4v) is 2.15. The zero-order valence-electron chi connectivity index (χ0n) is 12.6. The molecule has 7 heteroatoms. The summed E-state index contributed by atoms with van der Waals surface area (Å²) in [6.45, 7) is 0.537. The second-order valence-electron chi connectivity index (χ2n) is 5.63. The highest BCUT2D eigenvalue weighted by atomic mass is 19.4. The van der Waals surface area contributed by atoms with E-state index in [2.05, 4.69) is 10.3 Å². The first kappa shape index (κ1) is 16.3. The van der Waals surface area contributed by atoms with Crippen molar-refractivity contribution in [2.75, 3.05) is 11.9 Å². The summed E-state index contributed by atoms with van der Waals surface area (Å²) in [5.41, 5.74) is -0.988. The van der Waals surface area contributed by atoms with Crippen molar-refractivity contribution in [1.82, 2.24) is 4.98 Å². The summed E-state index contributed by atoms with van der Waals surface area (Å²) < 4.78 is 44.4. The zero-order valence-corrected chi connectivity index (χ0v) is 12.6. The molecular formula is C17H15F3N2O2. The number of anilines is 1. The monoisotopic (exact) mass is 336 g/mol. The predicted molar refractivity (Wildman–Crippen MR) is 81.9 cm³/mol. The van der Waals surface area contributed by atoms with Gasteiger partial charge < -0.3 is 10.1 Å². The molecule has 0 bridgehead atoms. The normalized spacial score (nSPS) is 14.3. The van der Waals surface area contributed by atoms with Gasteiger partial charge in [0.1, 0.15) is 0 Å². The van der Waals surface area contributed by atoms with Gasteiger partial charge in [-0.3, -0.25) is 4.79 Å². The summed E-state index contributed by atoms with van der Waals surface area (Å²) in [5, 5.41) is 2.30. The number of carbonyl (C=O) groups excluding carboxylic acids is 1. The van der Waals surface area contributed by atoms with E-state index in [1.54, 1.807) is 0 Å². The van der Waals surface area contributed by atoms with Gasteiger partial charge >= 0.3 is 6.18 Å². The van der Waals surface area contributed by atoms with E-state index in [0.717, 1.165) is 18.9 Å². The Morgan fingerprint density at radius 2 is 2.00 bits per heavy atom. The molecule has 0 spiro atoms. The number of amides is 1. The van der Waals surface area contributed by atoms with E-state index in [4.69, 9.17) is 4.74 Å². The molecule has 3 rings (SSSR count). The molecule has 0 radical (unpaired) electrons. The van der Waals surface area contributed by atoms with Crippen LogP contribution in [-0.4, -0.2) is 17.5 Å². The van der Waals surface area contributed by atoms with E-state index in [1.165, 1.54) is 36.5 Å². The molecule has 0 atom stereocenters. The number of rotatable bonds is 5. The first-order valence-electron chi connectivity index (χ1n) is 7.50. The predicted octanol–water partition coefficient (Wildman–Crippen LogP) is 4.14. The molecule has 1 saturated carbocycles. The number of benzene rings is 1. The summed E-state index contributed by atoms with van der Waals surface area (Å²) in [6.07, 6.45) is -0.906. The van der Waals surface area contributed by atoms with Crippen molar-refractivity contribution in [3.63, 3.8) is 0 Å². The van der Waals surface area contributed by atoms with Crippen molar-refractivity contribution >= 4 is 11.6 Å². The molecule has 1 aromatic heterocycles. The minimum Gasteiger partial charge on any atom is -0.477 e. The molecule has 1 aliphatic rings. The Balaban J connectivity index is 1.74. The minimum absolute atomic E-state index is 0.188. The lowest BCUT2D eigenvalue weighted by Gasteiger charge is -2.13. The number of para-hydroxylation sites is 1. The molecule has 1 heterocycles. The zero-order chi connectivity index (χ0) is 17.2. The van der Waals surface area contributed by atoms with E-state index in [-0.39, 0.29) is 11.3 Å². The van der Waals surface area contributed by atoms with Crippen LogP contribution in [0.1, 0.15) is 28.8 Å². The summed E-state index contributed by atoms with van der Waals surface area (Å²) in [5.74, 6) is 0.173. The Hall–Kier alpha value is -2.57. The number of hydrogen-bond acceptors (Lipinski definition) is 3. The topological polar surface area (TPSA) is 51.2 Å². The molecule has 2 aromatic rings. The fourth-order valence-electron chi connectivity index (χ4n) is 2.15. The van der Waals surface area contributed by atoms with Gasteiger partial charge in [-0.15, -0.1) is 0 Å². The maximum absolute atomic E-state index is 13.0. The quantitative estimate of drug-likeness (QED) is 0.893. The van der Waals surface area contributed by atoms with E-state index < -0.39 is 17.6 Å². The molecule has 1 aliphatic carbocycles. The molecule has 1 aromatic carbocycles. The van der Waals surface area contributed by atoms with Crippen LogP contribution in [-0.2, 0) is 6.18 Å². The third-order valence-corrected chi connectivity index (χ3v) is 3.64. The van der Waals surface area contributed by atoms with Crippen molar-refractivity contribution in [3.8, 4) is 5.88 Å². The Bertz CT molecular complexity index is 743. The number of ether oxygens (including phenoxy) is 1. The highest BCUT2D eigenvalue weighted by Gasteiger charge is 2.33. The first-order valence-corrected chi connectivity index (χ1v) is 7.50. The van der Waals surface area contributed by atoms with Crippen LogP contribution in [0.3, 0.4) is 0 Å². The van der Waals surface area contributed by atoms with E-state index in [1.807, 2.05) is 0 Å². The third kappa shape index (κ3) is 4.04. The number of aromatic nitrogens is 1. The van der Waals surface area contributed by atoms with Gasteiger partial charge in [-0.2, -0.15) is 13.2 Å². The highest BCUT2D eigenvalue weighted by Crippen LogP contribution is 2.34. The van der Waals surface area contributed by atoms with E-state index >= 15 is 0 Å². The van der Waals surface area contributed by atoms with Crippen LogP contribution in [0.15, 0.2) is 42.6 Å². The lowest BCUT2D eigenvalue weighted by Crippen LogP contribution is -2.16. The highest BCUT2D eigenvalue weighted by molar-refractivity contribution is 6.04. The smallest absolute Gasteiger partial charge is 0.418 e. The summed E-state index contributed by atoms with van der Waals surface area (Å²) in [7, 11) is 0. The van der Waals surface area contributed by atoms with Gasteiger partial charge in [-0.25, -0.2) is 4.98 Å². The summed E-state index contributed by atoms with van der Waals surface area (Å²) in [6, 6.07) is 7.69. The Kier molecular flexibility index (Phi) is 4.42. The minimum atomic E-state index is -4.54. The van der Waals surface area contributed by atoms with E-state index in [9.17, 15) is 18.0 Å². The lowest BCUT2D eigenvalue weighted by molar-refractivity contribution is -0.136. The van der Waals surface area contributed by atoms with Crippen LogP contribution < -0.4 is 10.1 Å². The van der Waals surface area contributed by atoms with Gasteiger partial charge in [0, 0.05) is 17.8 Å². The number of nitrogens with zero attached hydrogens (tertiary/aromatic N) is 1. The lowest BCUT2D eigenvalue weighted by atomic mass is 10.1. The Labute approximate surface area is 136 Å². The average Bonchev–Trinajstić information content (AvgIpc) is 3.37. The molecule has 1 amide bonds. The first-order chi connectivity index (χ1) is 11.4. The summed E-state index contributed by atoms with van der Waals surface area (Å²) >= 11 is 0. The third-order valence-electron chi connectivity index (χ3n) is 3.64. The maximum Gasteiger partial charge on any atom is 0.418 e. The van der Waals surface area contributed by atoms with Crippen LogP contribution in [0.25, 0.3) is 0 Å². The number of nitrogens with one attached hydrogen (secondary N) is 1. The van der Waals surface area contributed by atoms with Gasteiger partial charge in [-0.05, 0) is 37.0 Å². The van der Waals surface area contributed by atoms with E-state index in [0.29, 0.717) is 18.4 Å². The SMILES string of the molecule is O=C(Nc1ccccc1C(F)(F)F)c1ccnc(OCC2CC2)c1. The molecule has 0 aliphatic heterocycles. The molecule has 126 valence electrons. The van der Waals surface area contributed by atoms with Crippen LogP contribution >= 0.6 is 0 Å². The number of pyridine rings is 1. The van der Waals surface area contributed by atoms with Crippen molar-refractivity contribution in [2.45, 2.75) is 19.0 Å². The van der Waals surface area contributed by atoms with Gasteiger partial charge in [0.05, 0.1) is 17.9 Å². The molecular weight excluding hydrogens is 321 g/mol. The second-order valence-corrected chi connectivity index (χ2v) is 5.63.